The molecule has 0 aliphatic carbocycles. The Labute approximate surface area is 209 Å². The van der Waals surface area contributed by atoms with Gasteiger partial charge in [-0.25, -0.2) is 15.0 Å². The van der Waals surface area contributed by atoms with E-state index in [0.29, 0.717) is 28.7 Å². The van der Waals surface area contributed by atoms with Gasteiger partial charge in [-0.2, -0.15) is 5.10 Å². The zero-order chi connectivity index (χ0) is 26.2. The number of hydrogen-bond acceptors (Lipinski definition) is 7. The molecule has 36 heavy (non-hydrogen) atoms. The van der Waals surface area contributed by atoms with Crippen molar-refractivity contribution < 1.29 is 28.6 Å². The number of ether oxygens (including phenoxy) is 3. The molecule has 0 saturated carbocycles. The van der Waals surface area contributed by atoms with Crippen LogP contribution < -0.4 is 25.5 Å². The maximum Gasteiger partial charge on any atom is 0.337 e. The number of urea groups is 1. The maximum atomic E-state index is 12.3. The van der Waals surface area contributed by atoms with Gasteiger partial charge in [0, 0.05) is 5.70 Å². The molecule has 3 N–H and O–H groups in total. The first-order valence-electron chi connectivity index (χ1n) is 11.3. The van der Waals surface area contributed by atoms with Crippen LogP contribution >= 0.6 is 0 Å². The highest BCUT2D eigenvalue weighted by Gasteiger charge is 2.32. The van der Waals surface area contributed by atoms with Crippen LogP contribution in [0, 0.1) is 0 Å². The third-order valence-electron chi connectivity index (χ3n) is 5.56. The van der Waals surface area contributed by atoms with Crippen molar-refractivity contribution in [3.63, 3.8) is 0 Å². The average molecular weight is 495 g/mol. The Kier molecular flexibility index (Phi) is 8.66. The zero-order valence-corrected chi connectivity index (χ0v) is 20.9. The van der Waals surface area contributed by atoms with Crippen LogP contribution in [0.4, 0.5) is 4.79 Å². The Morgan fingerprint density at radius 2 is 1.83 bits per heavy atom. The highest BCUT2D eigenvalue weighted by atomic mass is 16.5. The van der Waals surface area contributed by atoms with E-state index in [0.717, 1.165) is 5.56 Å². The van der Waals surface area contributed by atoms with Crippen molar-refractivity contribution in [2.45, 2.75) is 32.7 Å². The quantitative estimate of drug-likeness (QED) is 0.279. The number of allylic oxidation sites excluding steroid dienone is 1. The molecule has 0 spiro atoms. The molecule has 10 heteroatoms. The van der Waals surface area contributed by atoms with Gasteiger partial charge in [0.05, 0.1) is 32.0 Å². The molecule has 0 fully saturated rings. The van der Waals surface area contributed by atoms with Crippen molar-refractivity contribution in [2.75, 3.05) is 20.8 Å². The van der Waals surface area contributed by atoms with Crippen molar-refractivity contribution in [2.24, 2.45) is 5.10 Å². The molecular weight excluding hydrogens is 464 g/mol. The minimum Gasteiger partial charge on any atom is -0.493 e. The van der Waals surface area contributed by atoms with E-state index in [4.69, 9.17) is 14.2 Å². The molecule has 10 nitrogen and oxygen atoms in total. The minimum atomic E-state index is -0.749. The number of nitrogens with zero attached hydrogens (tertiary/aromatic N) is 1. The second kappa shape index (κ2) is 11.9. The van der Waals surface area contributed by atoms with Crippen molar-refractivity contribution in [1.29, 1.82) is 0 Å². The number of carbonyl (C=O) groups is 3. The molecule has 3 amide bonds. The highest BCUT2D eigenvalue weighted by Crippen LogP contribution is 2.34. The SMILES string of the molecule is COC(=O)C1=C(C)NC(=O)N[C@@H]1c1ccc(OCC(=O)N/N=C\c2ccc(C(C)C)cc2)c(OC)c1. The number of nitrogens with one attached hydrogen (secondary N) is 3. The predicted octanol–water partition coefficient (Wildman–Crippen LogP) is 3.15. The topological polar surface area (TPSA) is 127 Å². The fourth-order valence-electron chi connectivity index (χ4n) is 3.63. The minimum absolute atomic E-state index is 0.268. The number of amides is 3. The summed E-state index contributed by atoms with van der Waals surface area (Å²) in [6, 6.07) is 11.6. The molecule has 1 aliphatic rings. The van der Waals surface area contributed by atoms with E-state index < -0.39 is 23.9 Å². The Balaban J connectivity index is 1.65. The van der Waals surface area contributed by atoms with Crippen molar-refractivity contribution in [3.05, 3.63) is 70.4 Å². The lowest BCUT2D eigenvalue weighted by Gasteiger charge is -2.28. The molecular formula is C26H30N4O6. The smallest absolute Gasteiger partial charge is 0.337 e. The monoisotopic (exact) mass is 494 g/mol. The van der Waals surface area contributed by atoms with E-state index in [-0.39, 0.29) is 12.2 Å². The first-order valence-corrected chi connectivity index (χ1v) is 11.3. The molecule has 0 saturated heterocycles. The van der Waals surface area contributed by atoms with Gasteiger partial charge in [-0.3, -0.25) is 4.79 Å². The van der Waals surface area contributed by atoms with Crippen LogP contribution in [0.5, 0.6) is 11.5 Å². The van der Waals surface area contributed by atoms with E-state index in [1.165, 1.54) is 19.8 Å². The van der Waals surface area contributed by atoms with Gasteiger partial charge in [0.15, 0.2) is 18.1 Å². The molecule has 0 aromatic heterocycles. The zero-order valence-electron chi connectivity index (χ0n) is 20.9. The third-order valence-corrected chi connectivity index (χ3v) is 5.56. The molecule has 2 aromatic carbocycles. The van der Waals surface area contributed by atoms with E-state index in [2.05, 4.69) is 35.0 Å². The molecule has 0 radical (unpaired) electrons. The van der Waals surface area contributed by atoms with Crippen LogP contribution in [0.25, 0.3) is 0 Å². The van der Waals surface area contributed by atoms with Gasteiger partial charge in [-0.05, 0) is 41.7 Å². The summed E-state index contributed by atoms with van der Waals surface area (Å²) >= 11 is 0. The van der Waals surface area contributed by atoms with Gasteiger partial charge in [0.1, 0.15) is 0 Å². The normalized spacial score (nSPS) is 15.4. The van der Waals surface area contributed by atoms with Crippen molar-refractivity contribution in [3.8, 4) is 11.5 Å². The summed E-state index contributed by atoms with van der Waals surface area (Å²) < 4.78 is 15.9. The fourth-order valence-corrected chi connectivity index (χ4v) is 3.63. The van der Waals surface area contributed by atoms with E-state index in [1.807, 2.05) is 24.3 Å². The van der Waals surface area contributed by atoms with Gasteiger partial charge in [0.25, 0.3) is 5.91 Å². The van der Waals surface area contributed by atoms with Crippen LogP contribution in [-0.2, 0) is 14.3 Å². The van der Waals surface area contributed by atoms with Gasteiger partial charge in [0.2, 0.25) is 0 Å². The van der Waals surface area contributed by atoms with Gasteiger partial charge in [-0.1, -0.05) is 44.2 Å². The molecule has 1 atom stereocenters. The molecule has 0 bridgehead atoms. The number of hydrogen-bond donors (Lipinski definition) is 3. The Bertz CT molecular complexity index is 1190. The molecule has 2 aromatic rings. The van der Waals surface area contributed by atoms with Crippen LogP contribution in [0.15, 0.2) is 58.8 Å². The first-order chi connectivity index (χ1) is 17.2. The second-order valence-electron chi connectivity index (χ2n) is 8.38. The Morgan fingerprint density at radius 3 is 2.47 bits per heavy atom. The lowest BCUT2D eigenvalue weighted by atomic mass is 9.95. The average Bonchev–Trinajstić information content (AvgIpc) is 2.86. The van der Waals surface area contributed by atoms with E-state index >= 15 is 0 Å². The summed E-state index contributed by atoms with van der Waals surface area (Å²) in [6.45, 7) is 5.56. The van der Waals surface area contributed by atoms with Gasteiger partial charge in [-0.15, -0.1) is 0 Å². The van der Waals surface area contributed by atoms with Gasteiger partial charge >= 0.3 is 12.0 Å². The first kappa shape index (κ1) is 26.3. The molecule has 0 unspecified atom stereocenters. The summed E-state index contributed by atoms with van der Waals surface area (Å²) in [5, 5.41) is 9.24. The van der Waals surface area contributed by atoms with Crippen LogP contribution in [-0.4, -0.2) is 44.9 Å². The largest absolute Gasteiger partial charge is 0.493 e. The van der Waals surface area contributed by atoms with Crippen molar-refractivity contribution >= 4 is 24.1 Å². The number of rotatable bonds is 9. The third kappa shape index (κ3) is 6.41. The highest BCUT2D eigenvalue weighted by molar-refractivity contribution is 5.95. The lowest BCUT2D eigenvalue weighted by molar-refractivity contribution is -0.136. The number of esters is 1. The number of carbonyl (C=O) groups excluding carboxylic acids is 3. The Morgan fingerprint density at radius 1 is 1.11 bits per heavy atom. The number of methoxy groups -OCH3 is 2. The fraction of sp³-hybridized carbons (Fsp3) is 0.308. The summed E-state index contributed by atoms with van der Waals surface area (Å²) in [5.41, 5.74) is 5.74. The van der Waals surface area contributed by atoms with Crippen LogP contribution in [0.1, 0.15) is 49.4 Å². The Hall–Kier alpha value is -4.34. The molecule has 1 aliphatic heterocycles. The van der Waals surface area contributed by atoms with E-state index in [1.54, 1.807) is 31.3 Å². The summed E-state index contributed by atoms with van der Waals surface area (Å²) in [4.78, 5) is 36.5. The predicted molar refractivity (Wildman–Crippen MR) is 134 cm³/mol. The lowest BCUT2D eigenvalue weighted by Crippen LogP contribution is -2.45. The standard InChI is InChI=1S/C26H30N4O6/c1-15(2)18-8-6-17(7-9-18)13-27-30-22(31)14-36-20-11-10-19(12-21(20)34-4)24-23(25(32)35-5)16(3)28-26(33)29-24/h6-13,15,24H,14H2,1-5H3,(H,30,31)(H2,28,29,33)/b27-13-/t24-/m1/s1. The molecule has 1 heterocycles. The summed E-state index contributed by atoms with van der Waals surface area (Å²) in [5.74, 6) is 0.0486. The summed E-state index contributed by atoms with van der Waals surface area (Å²) in [6.07, 6.45) is 1.55. The molecule has 3 rings (SSSR count). The van der Waals surface area contributed by atoms with Crippen LogP contribution in [0.2, 0.25) is 0 Å². The number of hydrazone groups is 1. The van der Waals surface area contributed by atoms with Crippen molar-refractivity contribution in [1.82, 2.24) is 16.1 Å². The van der Waals surface area contributed by atoms with Gasteiger partial charge < -0.3 is 24.8 Å². The summed E-state index contributed by atoms with van der Waals surface area (Å²) in [7, 11) is 2.72. The molecule has 190 valence electrons. The number of benzene rings is 2. The second-order valence-corrected chi connectivity index (χ2v) is 8.38. The maximum absolute atomic E-state index is 12.3. The van der Waals surface area contributed by atoms with Crippen LogP contribution in [0.3, 0.4) is 0 Å². The van der Waals surface area contributed by atoms with E-state index in [9.17, 15) is 14.4 Å².